The largest absolute Gasteiger partial charge is 0.494 e. The van der Waals surface area contributed by atoms with Crippen LogP contribution in [0.5, 0.6) is 17.4 Å². The third-order valence-electron chi connectivity index (χ3n) is 5.08. The summed E-state index contributed by atoms with van der Waals surface area (Å²) in [4.78, 5) is 30.6. The normalized spacial score (nSPS) is 12.9. The fourth-order valence-corrected chi connectivity index (χ4v) is 3.40. The van der Waals surface area contributed by atoms with Crippen molar-refractivity contribution < 1.29 is 19.1 Å². The Labute approximate surface area is 192 Å². The summed E-state index contributed by atoms with van der Waals surface area (Å²) < 4.78 is 11.5. The molecular weight excluding hydrogens is 420 g/mol. The third-order valence-corrected chi connectivity index (χ3v) is 5.08. The smallest absolute Gasteiger partial charge is 0.321 e. The molecular formula is C25H26N4O4. The minimum absolute atomic E-state index is 0.158. The van der Waals surface area contributed by atoms with E-state index in [1.807, 2.05) is 36.4 Å². The van der Waals surface area contributed by atoms with Crippen molar-refractivity contribution in [1.29, 1.82) is 0 Å². The van der Waals surface area contributed by atoms with Crippen LogP contribution < -0.4 is 25.0 Å². The summed E-state index contributed by atoms with van der Waals surface area (Å²) in [5.41, 5.74) is 1.91. The van der Waals surface area contributed by atoms with Crippen LogP contribution in [0.4, 0.5) is 10.5 Å². The molecule has 2 aromatic carbocycles. The van der Waals surface area contributed by atoms with Crippen molar-refractivity contribution in [2.45, 2.75) is 19.9 Å². The SMILES string of the molecule is CCCOc1ccc(Oc2ncccc2CNC(=O)c2cccc(N3CCNC3=O)c2)cc1. The molecule has 2 N–H and O–H groups in total. The lowest BCUT2D eigenvalue weighted by atomic mass is 10.1. The molecule has 4 rings (SSSR count). The molecule has 33 heavy (non-hydrogen) atoms. The van der Waals surface area contributed by atoms with E-state index in [-0.39, 0.29) is 18.5 Å². The highest BCUT2D eigenvalue weighted by Crippen LogP contribution is 2.25. The molecule has 1 aromatic heterocycles. The van der Waals surface area contributed by atoms with Gasteiger partial charge in [-0.1, -0.05) is 19.1 Å². The van der Waals surface area contributed by atoms with E-state index in [0.29, 0.717) is 42.6 Å². The summed E-state index contributed by atoms with van der Waals surface area (Å²) in [6, 6.07) is 17.8. The Morgan fingerprint density at radius 1 is 1.12 bits per heavy atom. The zero-order valence-electron chi connectivity index (χ0n) is 18.4. The molecule has 0 bridgehead atoms. The molecule has 0 aliphatic carbocycles. The van der Waals surface area contributed by atoms with Crippen LogP contribution in [0.15, 0.2) is 66.9 Å². The lowest BCUT2D eigenvalue weighted by Gasteiger charge is -2.15. The number of anilines is 1. The predicted octanol–water partition coefficient (Wildman–Crippen LogP) is 4.12. The van der Waals surface area contributed by atoms with Crippen molar-refractivity contribution in [3.8, 4) is 17.4 Å². The highest BCUT2D eigenvalue weighted by atomic mass is 16.5. The number of pyridine rings is 1. The topological polar surface area (TPSA) is 92.8 Å². The first-order valence-corrected chi connectivity index (χ1v) is 10.9. The number of hydrogen-bond donors (Lipinski definition) is 2. The van der Waals surface area contributed by atoms with Crippen molar-refractivity contribution in [2.75, 3.05) is 24.6 Å². The number of nitrogens with zero attached hydrogens (tertiary/aromatic N) is 2. The van der Waals surface area contributed by atoms with Gasteiger partial charge >= 0.3 is 6.03 Å². The molecule has 0 saturated carbocycles. The van der Waals surface area contributed by atoms with Gasteiger partial charge in [0.05, 0.1) is 6.61 Å². The van der Waals surface area contributed by atoms with Crippen LogP contribution in [0.2, 0.25) is 0 Å². The first-order chi connectivity index (χ1) is 16.1. The Bertz CT molecular complexity index is 1120. The molecule has 1 fully saturated rings. The second-order valence-corrected chi connectivity index (χ2v) is 7.51. The fourth-order valence-electron chi connectivity index (χ4n) is 3.40. The number of rotatable bonds is 9. The van der Waals surface area contributed by atoms with Crippen molar-refractivity contribution in [3.05, 3.63) is 78.0 Å². The van der Waals surface area contributed by atoms with Crippen LogP contribution in [0.1, 0.15) is 29.3 Å². The van der Waals surface area contributed by atoms with Gasteiger partial charge in [-0.3, -0.25) is 9.69 Å². The van der Waals surface area contributed by atoms with Crippen LogP contribution in [0.25, 0.3) is 0 Å². The van der Waals surface area contributed by atoms with E-state index in [4.69, 9.17) is 9.47 Å². The number of hydrogen-bond acceptors (Lipinski definition) is 5. The van der Waals surface area contributed by atoms with Gasteiger partial charge in [-0.15, -0.1) is 0 Å². The molecule has 1 saturated heterocycles. The summed E-state index contributed by atoms with van der Waals surface area (Å²) in [5.74, 6) is 1.58. The van der Waals surface area contributed by atoms with Gasteiger partial charge in [0.15, 0.2) is 0 Å². The molecule has 0 spiro atoms. The van der Waals surface area contributed by atoms with Gasteiger partial charge in [-0.25, -0.2) is 9.78 Å². The maximum atomic E-state index is 12.8. The molecule has 1 aliphatic heterocycles. The number of amides is 3. The van der Waals surface area contributed by atoms with Gasteiger partial charge in [0.1, 0.15) is 11.5 Å². The van der Waals surface area contributed by atoms with Crippen LogP contribution in [0.3, 0.4) is 0 Å². The summed E-state index contributed by atoms with van der Waals surface area (Å²) in [5, 5.41) is 5.66. The predicted molar refractivity (Wildman–Crippen MR) is 125 cm³/mol. The summed E-state index contributed by atoms with van der Waals surface area (Å²) in [6.07, 6.45) is 2.59. The Morgan fingerprint density at radius 3 is 2.70 bits per heavy atom. The highest BCUT2D eigenvalue weighted by Gasteiger charge is 2.21. The molecule has 8 nitrogen and oxygen atoms in total. The van der Waals surface area contributed by atoms with Crippen molar-refractivity contribution in [3.63, 3.8) is 0 Å². The molecule has 3 aromatic rings. The average molecular weight is 447 g/mol. The van der Waals surface area contributed by atoms with Crippen molar-refractivity contribution in [2.24, 2.45) is 0 Å². The quantitative estimate of drug-likeness (QED) is 0.516. The fraction of sp³-hybridized carbons (Fsp3) is 0.240. The molecule has 0 unspecified atom stereocenters. The number of carbonyl (C=O) groups is 2. The minimum atomic E-state index is -0.247. The first kappa shape index (κ1) is 22.1. The van der Waals surface area contributed by atoms with Gasteiger partial charge in [0.2, 0.25) is 5.88 Å². The number of carbonyl (C=O) groups excluding carboxylic acids is 2. The first-order valence-electron chi connectivity index (χ1n) is 10.9. The van der Waals surface area contributed by atoms with Crippen molar-refractivity contribution in [1.82, 2.24) is 15.6 Å². The monoisotopic (exact) mass is 446 g/mol. The minimum Gasteiger partial charge on any atom is -0.494 e. The Balaban J connectivity index is 1.40. The number of benzene rings is 2. The van der Waals surface area contributed by atoms with E-state index in [2.05, 4.69) is 22.5 Å². The van der Waals surface area contributed by atoms with Crippen LogP contribution in [-0.4, -0.2) is 36.6 Å². The van der Waals surface area contributed by atoms with E-state index < -0.39 is 0 Å². The maximum Gasteiger partial charge on any atom is 0.321 e. The number of nitrogens with one attached hydrogen (secondary N) is 2. The van der Waals surface area contributed by atoms with E-state index >= 15 is 0 Å². The molecule has 0 radical (unpaired) electrons. The number of ether oxygens (including phenoxy) is 2. The summed E-state index contributed by atoms with van der Waals surface area (Å²) in [6.45, 7) is 4.13. The van der Waals surface area contributed by atoms with Gasteiger partial charge in [-0.2, -0.15) is 0 Å². The Morgan fingerprint density at radius 2 is 1.94 bits per heavy atom. The van der Waals surface area contributed by atoms with Crippen LogP contribution in [-0.2, 0) is 6.54 Å². The Kier molecular flexibility index (Phi) is 7.04. The van der Waals surface area contributed by atoms with Gasteiger partial charge in [0, 0.05) is 42.6 Å². The Hall–Kier alpha value is -4.07. The van der Waals surface area contributed by atoms with E-state index in [9.17, 15) is 9.59 Å². The molecule has 170 valence electrons. The number of aromatic nitrogens is 1. The molecule has 3 amide bonds. The second kappa shape index (κ2) is 10.5. The molecule has 2 heterocycles. The zero-order chi connectivity index (χ0) is 23.0. The lowest BCUT2D eigenvalue weighted by Crippen LogP contribution is -2.28. The summed E-state index contributed by atoms with van der Waals surface area (Å²) in [7, 11) is 0. The average Bonchev–Trinajstić information content (AvgIpc) is 3.29. The van der Waals surface area contributed by atoms with Crippen LogP contribution in [0, 0.1) is 0 Å². The van der Waals surface area contributed by atoms with E-state index in [1.165, 1.54) is 0 Å². The molecule has 1 aliphatic rings. The van der Waals surface area contributed by atoms with E-state index in [0.717, 1.165) is 17.7 Å². The lowest BCUT2D eigenvalue weighted by molar-refractivity contribution is 0.0950. The van der Waals surface area contributed by atoms with E-state index in [1.54, 1.807) is 35.4 Å². The standard InChI is InChI=1S/C25H26N4O4/c1-2-15-32-21-8-10-22(11-9-21)33-24-19(6-4-12-26-24)17-28-23(30)18-5-3-7-20(16-18)29-14-13-27-25(29)31/h3-12,16H,2,13-15,17H2,1H3,(H,27,31)(H,28,30). The third kappa shape index (κ3) is 5.60. The molecule has 0 atom stereocenters. The number of urea groups is 1. The van der Waals surface area contributed by atoms with Crippen molar-refractivity contribution >= 4 is 17.6 Å². The van der Waals surface area contributed by atoms with Crippen LogP contribution >= 0.6 is 0 Å². The zero-order valence-corrected chi connectivity index (χ0v) is 18.4. The maximum absolute atomic E-state index is 12.8. The summed E-state index contributed by atoms with van der Waals surface area (Å²) >= 11 is 0. The molecule has 8 heteroatoms. The van der Waals surface area contributed by atoms with Gasteiger partial charge in [-0.05, 0) is 55.0 Å². The van der Waals surface area contributed by atoms with Gasteiger partial charge < -0.3 is 20.1 Å². The van der Waals surface area contributed by atoms with Gasteiger partial charge in [0.25, 0.3) is 5.91 Å². The highest BCUT2D eigenvalue weighted by molar-refractivity contribution is 5.98. The second-order valence-electron chi connectivity index (χ2n) is 7.51.